The molecule has 0 saturated carbocycles. The molecule has 1 fully saturated rings. The number of aromatic nitrogens is 3. The molecule has 3 heterocycles. The van der Waals surface area contributed by atoms with Crippen LogP contribution in [0.15, 0.2) is 24.4 Å². The van der Waals surface area contributed by atoms with Crippen molar-refractivity contribution in [3.05, 3.63) is 35.8 Å². The van der Waals surface area contributed by atoms with E-state index in [4.69, 9.17) is 4.74 Å². The lowest BCUT2D eigenvalue weighted by Gasteiger charge is -2.36. The van der Waals surface area contributed by atoms with Crippen molar-refractivity contribution in [3.8, 4) is 0 Å². The molecule has 9 heteroatoms. The molecule has 0 unspecified atom stereocenters. The summed E-state index contributed by atoms with van der Waals surface area (Å²) in [5.74, 6) is 0.432. The van der Waals surface area contributed by atoms with E-state index in [1.165, 1.54) is 0 Å². The molecule has 2 amide bonds. The normalized spacial score (nSPS) is 14.7. The standard InChI is InChI=1S/C21H30N6O3/c1-14(2)16-12-17(25-24-16)19(28)23-18-7-6-15(13-22-18)26-8-10-27(11-9-26)20(29)30-21(3,4)5/h6-7,12-14H,8-11H2,1-5H3,(H,24,25)(H,22,23,28). The molecular formula is C21H30N6O3. The van der Waals surface area contributed by atoms with Crippen LogP contribution in [0.3, 0.4) is 0 Å². The number of piperazine rings is 1. The fourth-order valence-corrected chi connectivity index (χ4v) is 3.05. The lowest BCUT2D eigenvalue weighted by atomic mass is 10.1. The quantitative estimate of drug-likeness (QED) is 0.796. The van der Waals surface area contributed by atoms with Gasteiger partial charge in [-0.25, -0.2) is 9.78 Å². The van der Waals surface area contributed by atoms with Crippen LogP contribution >= 0.6 is 0 Å². The van der Waals surface area contributed by atoms with Crippen molar-refractivity contribution >= 4 is 23.5 Å². The number of nitrogens with zero attached hydrogens (tertiary/aromatic N) is 4. The smallest absolute Gasteiger partial charge is 0.410 e. The van der Waals surface area contributed by atoms with E-state index in [0.717, 1.165) is 11.4 Å². The molecule has 2 aromatic rings. The summed E-state index contributed by atoms with van der Waals surface area (Å²) in [7, 11) is 0. The number of ether oxygens (including phenoxy) is 1. The number of carbonyl (C=O) groups is 2. The minimum Gasteiger partial charge on any atom is -0.444 e. The Morgan fingerprint density at radius 2 is 1.87 bits per heavy atom. The highest BCUT2D eigenvalue weighted by molar-refractivity contribution is 6.02. The van der Waals surface area contributed by atoms with E-state index in [0.29, 0.717) is 37.7 Å². The number of pyridine rings is 1. The molecule has 30 heavy (non-hydrogen) atoms. The van der Waals surface area contributed by atoms with E-state index in [1.54, 1.807) is 23.2 Å². The number of rotatable bonds is 4. The first-order chi connectivity index (χ1) is 14.1. The molecule has 0 aromatic carbocycles. The zero-order valence-electron chi connectivity index (χ0n) is 18.2. The zero-order chi connectivity index (χ0) is 21.9. The Morgan fingerprint density at radius 3 is 2.40 bits per heavy atom. The van der Waals surface area contributed by atoms with Crippen molar-refractivity contribution in [2.24, 2.45) is 0 Å². The highest BCUT2D eigenvalue weighted by atomic mass is 16.6. The van der Waals surface area contributed by atoms with Gasteiger partial charge in [0.15, 0.2) is 5.69 Å². The van der Waals surface area contributed by atoms with Crippen LogP contribution in [-0.4, -0.2) is 63.9 Å². The van der Waals surface area contributed by atoms with Crippen LogP contribution in [0.4, 0.5) is 16.3 Å². The molecule has 0 bridgehead atoms. The van der Waals surface area contributed by atoms with Crippen molar-refractivity contribution in [2.75, 3.05) is 36.4 Å². The van der Waals surface area contributed by atoms with Gasteiger partial charge in [0.2, 0.25) is 0 Å². The van der Waals surface area contributed by atoms with E-state index in [2.05, 4.69) is 25.4 Å². The highest BCUT2D eigenvalue weighted by Crippen LogP contribution is 2.19. The first-order valence-electron chi connectivity index (χ1n) is 10.2. The van der Waals surface area contributed by atoms with Crippen LogP contribution < -0.4 is 10.2 Å². The van der Waals surface area contributed by atoms with Gasteiger partial charge in [0.05, 0.1) is 11.9 Å². The Bertz CT molecular complexity index is 877. The molecule has 0 aliphatic carbocycles. The zero-order valence-corrected chi connectivity index (χ0v) is 18.2. The minimum atomic E-state index is -0.495. The number of anilines is 2. The van der Waals surface area contributed by atoms with Crippen LogP contribution in [0.2, 0.25) is 0 Å². The SMILES string of the molecule is CC(C)c1cc(C(=O)Nc2ccc(N3CCN(C(=O)OC(C)(C)C)CC3)cn2)n[nH]1. The molecule has 0 radical (unpaired) electrons. The number of aromatic amines is 1. The van der Waals surface area contributed by atoms with Gasteiger partial charge in [0, 0.05) is 31.9 Å². The first kappa shape index (κ1) is 21.6. The first-order valence-corrected chi connectivity index (χ1v) is 10.2. The van der Waals surface area contributed by atoms with E-state index < -0.39 is 5.60 Å². The molecular weight excluding hydrogens is 384 g/mol. The molecule has 2 N–H and O–H groups in total. The predicted octanol–water partition coefficient (Wildman–Crippen LogP) is 3.24. The Kier molecular flexibility index (Phi) is 6.28. The maximum atomic E-state index is 12.3. The summed E-state index contributed by atoms with van der Waals surface area (Å²) in [4.78, 5) is 32.8. The van der Waals surface area contributed by atoms with Crippen LogP contribution in [0.5, 0.6) is 0 Å². The summed E-state index contributed by atoms with van der Waals surface area (Å²) in [6, 6.07) is 5.43. The molecule has 0 spiro atoms. The van der Waals surface area contributed by atoms with E-state index in [9.17, 15) is 9.59 Å². The maximum Gasteiger partial charge on any atom is 0.410 e. The van der Waals surface area contributed by atoms with E-state index in [1.807, 2.05) is 40.7 Å². The van der Waals surface area contributed by atoms with Crippen molar-refractivity contribution in [1.29, 1.82) is 0 Å². The van der Waals surface area contributed by atoms with Gasteiger partial charge in [0.25, 0.3) is 5.91 Å². The third-order valence-electron chi connectivity index (χ3n) is 4.74. The van der Waals surface area contributed by atoms with Gasteiger partial charge >= 0.3 is 6.09 Å². The Hall–Kier alpha value is -3.10. The lowest BCUT2D eigenvalue weighted by molar-refractivity contribution is 0.0240. The monoisotopic (exact) mass is 414 g/mol. The third-order valence-corrected chi connectivity index (χ3v) is 4.74. The summed E-state index contributed by atoms with van der Waals surface area (Å²) < 4.78 is 5.43. The average molecular weight is 415 g/mol. The number of carbonyl (C=O) groups excluding carboxylic acids is 2. The molecule has 2 aromatic heterocycles. The second kappa shape index (κ2) is 8.73. The van der Waals surface area contributed by atoms with Crippen molar-refractivity contribution in [2.45, 2.75) is 46.1 Å². The number of hydrogen-bond donors (Lipinski definition) is 2. The largest absolute Gasteiger partial charge is 0.444 e. The summed E-state index contributed by atoms with van der Waals surface area (Å²) in [6.07, 6.45) is 1.44. The molecule has 1 saturated heterocycles. The summed E-state index contributed by atoms with van der Waals surface area (Å²) in [6.45, 7) is 12.2. The number of H-pyrrole nitrogens is 1. The second-order valence-electron chi connectivity index (χ2n) is 8.67. The van der Waals surface area contributed by atoms with Crippen LogP contribution in [0.25, 0.3) is 0 Å². The van der Waals surface area contributed by atoms with Crippen molar-refractivity contribution < 1.29 is 14.3 Å². The van der Waals surface area contributed by atoms with Crippen LogP contribution in [0, 0.1) is 0 Å². The van der Waals surface area contributed by atoms with E-state index in [-0.39, 0.29) is 17.9 Å². The maximum absolute atomic E-state index is 12.3. The predicted molar refractivity (Wildman–Crippen MR) is 115 cm³/mol. The van der Waals surface area contributed by atoms with Crippen LogP contribution in [0.1, 0.15) is 56.7 Å². The van der Waals surface area contributed by atoms with Gasteiger partial charge in [-0.1, -0.05) is 13.8 Å². The molecule has 1 aliphatic heterocycles. The average Bonchev–Trinajstić information content (AvgIpc) is 3.18. The molecule has 1 aliphatic rings. The fourth-order valence-electron chi connectivity index (χ4n) is 3.05. The lowest BCUT2D eigenvalue weighted by Crippen LogP contribution is -2.50. The summed E-state index contributed by atoms with van der Waals surface area (Å²) in [5, 5.41) is 9.69. The van der Waals surface area contributed by atoms with Gasteiger partial charge in [-0.2, -0.15) is 5.10 Å². The Labute approximate surface area is 176 Å². The molecule has 9 nitrogen and oxygen atoms in total. The van der Waals surface area contributed by atoms with Gasteiger partial charge in [-0.05, 0) is 44.9 Å². The van der Waals surface area contributed by atoms with Crippen molar-refractivity contribution in [3.63, 3.8) is 0 Å². The minimum absolute atomic E-state index is 0.271. The molecule has 0 atom stereocenters. The van der Waals surface area contributed by atoms with Gasteiger partial charge in [-0.15, -0.1) is 0 Å². The molecule has 3 rings (SSSR count). The number of hydrogen-bond acceptors (Lipinski definition) is 6. The summed E-state index contributed by atoms with van der Waals surface area (Å²) >= 11 is 0. The Morgan fingerprint density at radius 1 is 1.17 bits per heavy atom. The van der Waals surface area contributed by atoms with Gasteiger partial charge < -0.3 is 19.9 Å². The topological polar surface area (TPSA) is 103 Å². The second-order valence-corrected chi connectivity index (χ2v) is 8.67. The summed E-state index contributed by atoms with van der Waals surface area (Å²) in [5.41, 5.74) is 1.69. The number of amides is 2. The Balaban J connectivity index is 1.53. The van der Waals surface area contributed by atoms with Gasteiger partial charge in [0.1, 0.15) is 11.4 Å². The number of nitrogens with one attached hydrogen (secondary N) is 2. The third kappa shape index (κ3) is 5.49. The highest BCUT2D eigenvalue weighted by Gasteiger charge is 2.26. The fraction of sp³-hybridized carbons (Fsp3) is 0.524. The van der Waals surface area contributed by atoms with E-state index >= 15 is 0 Å². The van der Waals surface area contributed by atoms with Crippen LogP contribution in [-0.2, 0) is 4.74 Å². The van der Waals surface area contributed by atoms with Gasteiger partial charge in [-0.3, -0.25) is 9.89 Å². The van der Waals surface area contributed by atoms with Crippen molar-refractivity contribution in [1.82, 2.24) is 20.1 Å². The molecule has 162 valence electrons.